The zero-order chi connectivity index (χ0) is 11.6. The molecule has 0 aromatic heterocycles. The van der Waals surface area contributed by atoms with Crippen LogP contribution in [-0.4, -0.2) is 21.7 Å². The second-order valence-electron chi connectivity index (χ2n) is 3.69. The van der Waals surface area contributed by atoms with E-state index in [2.05, 4.69) is 0 Å². The number of carboxylic acid groups (broad SMARTS) is 1. The maximum atomic E-state index is 10.8. The van der Waals surface area contributed by atoms with Crippen LogP contribution >= 0.6 is 0 Å². The Hall–Kier alpha value is -0.667. The van der Waals surface area contributed by atoms with Gasteiger partial charge in [0.1, 0.15) is 0 Å². The minimum atomic E-state index is -1.27. The average molecular weight is 405 g/mol. The van der Waals surface area contributed by atoms with Gasteiger partial charge in [-0.15, -0.1) is 0 Å². The molecule has 0 spiro atoms. The van der Waals surface area contributed by atoms with E-state index in [4.69, 9.17) is 10.8 Å². The molecule has 0 amide bonds. The van der Waals surface area contributed by atoms with Crippen molar-refractivity contribution in [3.63, 3.8) is 0 Å². The third-order valence-corrected chi connectivity index (χ3v) is 3.25. The molecule has 0 heterocycles. The maximum absolute atomic E-state index is 10.8. The standard InChI is InChI=1S/C10H12AtNO3/c1-10(12,9(14)15)5-6-2-3-8(13)7(11)4-6/h2-4,13H,5,12H2,1H3,(H,14,15)/i11+1. The fourth-order valence-electron chi connectivity index (χ4n) is 1.16. The molecule has 0 aliphatic carbocycles. The van der Waals surface area contributed by atoms with Gasteiger partial charge in [0, 0.05) is 0 Å². The predicted molar refractivity (Wildman–Crippen MR) is 51.7 cm³/mol. The summed E-state index contributed by atoms with van der Waals surface area (Å²) < 4.78 is 0.772. The van der Waals surface area contributed by atoms with Gasteiger partial charge in [-0.1, -0.05) is 0 Å². The summed E-state index contributed by atoms with van der Waals surface area (Å²) in [6, 6.07) is 5.01. The number of rotatable bonds is 3. The molecule has 4 N–H and O–H groups in total. The average Bonchev–Trinajstić information content (AvgIpc) is 2.10. The summed E-state index contributed by atoms with van der Waals surface area (Å²) in [5.74, 6) is -0.803. The monoisotopic (exact) mass is 405 g/mol. The third kappa shape index (κ3) is 3.15. The van der Waals surface area contributed by atoms with E-state index in [1.807, 2.05) is 0 Å². The fraction of sp³-hybridized carbons (Fsp3) is 0.300. The molecule has 1 aromatic rings. The van der Waals surface area contributed by atoms with Crippen LogP contribution in [0.2, 0.25) is 0 Å². The van der Waals surface area contributed by atoms with Crippen molar-refractivity contribution in [3.05, 3.63) is 23.8 Å². The van der Waals surface area contributed by atoms with Crippen molar-refractivity contribution < 1.29 is 39.7 Å². The number of hydrogen-bond acceptors (Lipinski definition) is 3. The fourth-order valence-corrected chi connectivity index (χ4v) is 1.95. The number of hydrogen-bond donors (Lipinski definition) is 3. The molecule has 0 bridgehead atoms. The molecule has 0 aliphatic rings. The Bertz CT molecular complexity index is 390. The second-order valence-corrected chi connectivity index (χ2v) is 5.27. The van der Waals surface area contributed by atoms with Crippen LogP contribution in [0.15, 0.2) is 18.2 Å². The van der Waals surface area contributed by atoms with Gasteiger partial charge in [0.2, 0.25) is 0 Å². The molecule has 1 aromatic carbocycles. The van der Waals surface area contributed by atoms with Crippen molar-refractivity contribution >= 4 is 9.24 Å². The molecular weight excluding hydrogens is 393 g/mol. The molecule has 82 valence electrons. The van der Waals surface area contributed by atoms with Crippen molar-refractivity contribution in [1.82, 2.24) is 0 Å². The van der Waals surface area contributed by atoms with Crippen LogP contribution < -0.4 is 9.01 Å². The van der Waals surface area contributed by atoms with Crippen LogP contribution in [0.5, 0.6) is 5.75 Å². The van der Waals surface area contributed by atoms with Gasteiger partial charge in [-0.3, -0.25) is 0 Å². The first-order chi connectivity index (χ1) is 6.83. The number of phenolic OH excluding ortho intramolecular Hbond substituents is 1. The van der Waals surface area contributed by atoms with E-state index in [0.29, 0.717) is 0 Å². The summed E-state index contributed by atoms with van der Waals surface area (Å²) in [4.78, 5) is 10.8. The van der Waals surface area contributed by atoms with E-state index in [-0.39, 0.29) is 12.2 Å². The van der Waals surface area contributed by atoms with Crippen molar-refractivity contribution in [2.24, 2.45) is 5.73 Å². The first-order valence-corrected chi connectivity index (χ1v) is 5.79. The molecule has 0 fully saturated rings. The quantitative estimate of drug-likeness (QED) is 0.657. The van der Waals surface area contributed by atoms with E-state index >= 15 is 0 Å². The van der Waals surface area contributed by atoms with Crippen LogP contribution in [0, 0.1) is 24.7 Å². The van der Waals surface area contributed by atoms with Crippen molar-refractivity contribution in [2.45, 2.75) is 18.9 Å². The van der Waals surface area contributed by atoms with E-state index in [9.17, 15) is 9.90 Å². The molecular formula is C10H12AtNO3. The number of nitrogens with two attached hydrogens (primary N) is 1. The molecule has 0 saturated carbocycles. The van der Waals surface area contributed by atoms with E-state index in [1.165, 1.54) is 31.6 Å². The number of carbonyl (C=O) groups is 1. The van der Waals surface area contributed by atoms with Gasteiger partial charge in [-0.05, 0) is 0 Å². The summed E-state index contributed by atoms with van der Waals surface area (Å²) in [5.41, 5.74) is 5.17. The van der Waals surface area contributed by atoms with Crippen LogP contribution in [-0.2, 0) is 11.2 Å². The normalized spacial score (nSPS) is 14.6. The summed E-state index contributed by atoms with van der Waals surface area (Å²) in [6.07, 6.45) is 0.248. The second kappa shape index (κ2) is 4.46. The SMILES string of the molecule is CC(N)(Cc1ccc(O)c([211At])c1)C(=O)O. The Morgan fingerprint density at radius 3 is 2.67 bits per heavy atom. The molecule has 0 saturated heterocycles. The zero-order valence-electron chi connectivity index (χ0n) is 8.20. The number of aliphatic carboxylic acids is 1. The Morgan fingerprint density at radius 2 is 2.20 bits per heavy atom. The Balaban J connectivity index is 2.91. The molecule has 1 unspecified atom stereocenters. The van der Waals surface area contributed by atoms with Gasteiger partial charge in [0.25, 0.3) is 0 Å². The van der Waals surface area contributed by atoms with E-state index in [1.54, 1.807) is 18.2 Å². The van der Waals surface area contributed by atoms with Crippen molar-refractivity contribution in [1.29, 1.82) is 0 Å². The van der Waals surface area contributed by atoms with Crippen LogP contribution in [0.1, 0.15) is 12.5 Å². The number of carboxylic acids is 1. The van der Waals surface area contributed by atoms with Crippen molar-refractivity contribution in [3.8, 4) is 5.75 Å². The van der Waals surface area contributed by atoms with E-state index < -0.39 is 11.5 Å². The zero-order valence-corrected chi connectivity index (χ0v) is 11.1. The molecule has 1 rings (SSSR count). The van der Waals surface area contributed by atoms with Gasteiger partial charge in [-0.25, -0.2) is 0 Å². The molecule has 1 atom stereocenters. The summed E-state index contributed by atoms with van der Waals surface area (Å²) in [5, 5.41) is 18.2. The van der Waals surface area contributed by atoms with Gasteiger partial charge in [0.05, 0.1) is 0 Å². The van der Waals surface area contributed by atoms with Gasteiger partial charge in [-0.2, -0.15) is 0 Å². The summed E-state index contributed by atoms with van der Waals surface area (Å²) >= 11 is 1.34. The summed E-state index contributed by atoms with van der Waals surface area (Å²) in [6.45, 7) is 1.47. The van der Waals surface area contributed by atoms with Gasteiger partial charge >= 0.3 is 103 Å². The van der Waals surface area contributed by atoms with Gasteiger partial charge in [0.15, 0.2) is 0 Å². The number of aromatic hydroxyl groups is 1. The summed E-state index contributed by atoms with van der Waals surface area (Å²) in [7, 11) is 0. The van der Waals surface area contributed by atoms with Crippen LogP contribution in [0.25, 0.3) is 0 Å². The topological polar surface area (TPSA) is 83.5 Å². The predicted octanol–water partition coefficient (Wildman–Crippen LogP) is -0.0887. The third-order valence-electron chi connectivity index (χ3n) is 2.07. The molecule has 0 aliphatic heterocycles. The Morgan fingerprint density at radius 1 is 1.60 bits per heavy atom. The Labute approximate surface area is 103 Å². The van der Waals surface area contributed by atoms with Crippen LogP contribution in [0.4, 0.5) is 0 Å². The molecule has 15 heavy (non-hydrogen) atoms. The number of phenols is 1. The Kier molecular flexibility index (Phi) is 3.68. The van der Waals surface area contributed by atoms with Crippen LogP contribution in [0.3, 0.4) is 0 Å². The first kappa shape index (κ1) is 12.4. The minimum absolute atomic E-state index is 0.226. The molecule has 5 heteroatoms. The van der Waals surface area contributed by atoms with Crippen molar-refractivity contribution in [2.75, 3.05) is 0 Å². The van der Waals surface area contributed by atoms with Gasteiger partial charge < -0.3 is 0 Å². The number of benzene rings is 1. The first-order valence-electron chi connectivity index (χ1n) is 4.32. The van der Waals surface area contributed by atoms with E-state index in [0.717, 1.165) is 8.83 Å². The molecule has 4 nitrogen and oxygen atoms in total. The molecule has 0 radical (unpaired) electrons.